The van der Waals surface area contributed by atoms with Crippen molar-refractivity contribution < 1.29 is 19.0 Å². The molecule has 0 heterocycles. The summed E-state index contributed by atoms with van der Waals surface area (Å²) < 4.78 is 15.8. The molecule has 2 rings (SSSR count). The molecule has 2 aromatic rings. The van der Waals surface area contributed by atoms with E-state index < -0.39 is 0 Å². The van der Waals surface area contributed by atoms with Crippen molar-refractivity contribution >= 4 is 23.4 Å². The summed E-state index contributed by atoms with van der Waals surface area (Å²) in [6.07, 6.45) is 0. The van der Waals surface area contributed by atoms with E-state index in [2.05, 4.69) is 5.32 Å². The van der Waals surface area contributed by atoms with Gasteiger partial charge in [0, 0.05) is 4.90 Å². The second-order valence-electron chi connectivity index (χ2n) is 4.97. The summed E-state index contributed by atoms with van der Waals surface area (Å²) in [6, 6.07) is 12.9. The van der Waals surface area contributed by atoms with Gasteiger partial charge in [-0.05, 0) is 37.3 Å². The topological polar surface area (TPSA) is 56.8 Å². The smallest absolute Gasteiger partial charge is 0.237 e. The Balaban J connectivity index is 2.06. The van der Waals surface area contributed by atoms with E-state index in [0.717, 1.165) is 4.90 Å². The molecule has 0 fully saturated rings. The normalized spacial score (nSPS) is 11.5. The fraction of sp³-hybridized carbons (Fsp3) is 0.278. The number of nitrogens with one attached hydrogen (secondary N) is 1. The van der Waals surface area contributed by atoms with Crippen LogP contribution in [0.2, 0.25) is 0 Å². The monoisotopic (exact) mass is 347 g/mol. The van der Waals surface area contributed by atoms with Crippen molar-refractivity contribution in [1.29, 1.82) is 0 Å². The van der Waals surface area contributed by atoms with Gasteiger partial charge in [-0.15, -0.1) is 11.8 Å². The lowest BCUT2D eigenvalue weighted by Gasteiger charge is -2.15. The number of methoxy groups -OCH3 is 3. The molecule has 6 heteroatoms. The van der Waals surface area contributed by atoms with Gasteiger partial charge in [-0.1, -0.05) is 12.1 Å². The molecule has 1 amide bonds. The SMILES string of the molecule is COc1ccccc1NC(=O)C(C)Sc1ccc(OC)c(OC)c1. The molecule has 1 atom stereocenters. The fourth-order valence-corrected chi connectivity index (χ4v) is 3.03. The number of carbonyl (C=O) groups is 1. The molecule has 0 aliphatic carbocycles. The van der Waals surface area contributed by atoms with E-state index in [1.165, 1.54) is 11.8 Å². The highest BCUT2D eigenvalue weighted by atomic mass is 32.2. The predicted octanol–water partition coefficient (Wildman–Crippen LogP) is 3.83. The highest BCUT2D eigenvalue weighted by Gasteiger charge is 2.17. The molecule has 0 spiro atoms. The van der Waals surface area contributed by atoms with Gasteiger partial charge in [0.25, 0.3) is 0 Å². The summed E-state index contributed by atoms with van der Waals surface area (Å²) in [7, 11) is 4.75. The van der Waals surface area contributed by atoms with Crippen molar-refractivity contribution in [3.63, 3.8) is 0 Å². The van der Waals surface area contributed by atoms with Crippen molar-refractivity contribution in [3.05, 3.63) is 42.5 Å². The van der Waals surface area contributed by atoms with Crippen molar-refractivity contribution in [1.82, 2.24) is 0 Å². The third-order valence-corrected chi connectivity index (χ3v) is 4.50. The minimum absolute atomic E-state index is 0.0979. The van der Waals surface area contributed by atoms with Gasteiger partial charge in [0.05, 0.1) is 32.3 Å². The van der Waals surface area contributed by atoms with Gasteiger partial charge >= 0.3 is 0 Å². The molecule has 0 saturated carbocycles. The summed E-state index contributed by atoms with van der Waals surface area (Å²) in [4.78, 5) is 13.3. The highest BCUT2D eigenvalue weighted by molar-refractivity contribution is 8.00. The Hall–Kier alpha value is -2.34. The molecule has 0 bridgehead atoms. The Labute approximate surface area is 146 Å². The van der Waals surface area contributed by atoms with Gasteiger partial charge in [-0.2, -0.15) is 0 Å². The molecule has 0 aliphatic rings. The molecular formula is C18H21NO4S. The lowest BCUT2D eigenvalue weighted by atomic mass is 10.3. The van der Waals surface area contributed by atoms with Crippen LogP contribution in [0.5, 0.6) is 17.2 Å². The number of carbonyl (C=O) groups excluding carboxylic acids is 1. The molecule has 0 aliphatic heterocycles. The zero-order valence-electron chi connectivity index (χ0n) is 14.2. The first-order valence-corrected chi connectivity index (χ1v) is 8.29. The van der Waals surface area contributed by atoms with Crippen LogP contribution < -0.4 is 19.5 Å². The molecule has 5 nitrogen and oxygen atoms in total. The minimum Gasteiger partial charge on any atom is -0.495 e. The number of rotatable bonds is 7. The zero-order valence-corrected chi connectivity index (χ0v) is 15.0. The van der Waals surface area contributed by atoms with Crippen LogP contribution in [0, 0.1) is 0 Å². The Kier molecular flexibility index (Phi) is 6.37. The van der Waals surface area contributed by atoms with Gasteiger partial charge in [0.15, 0.2) is 11.5 Å². The van der Waals surface area contributed by atoms with Crippen LogP contribution in [-0.2, 0) is 4.79 Å². The third-order valence-electron chi connectivity index (χ3n) is 3.40. The first-order chi connectivity index (χ1) is 11.6. The van der Waals surface area contributed by atoms with E-state index in [-0.39, 0.29) is 11.2 Å². The molecule has 24 heavy (non-hydrogen) atoms. The zero-order chi connectivity index (χ0) is 17.5. The number of hydrogen-bond acceptors (Lipinski definition) is 5. The molecule has 0 saturated heterocycles. The quantitative estimate of drug-likeness (QED) is 0.772. The first kappa shape index (κ1) is 18.0. The number of hydrogen-bond donors (Lipinski definition) is 1. The Bertz CT molecular complexity index is 705. The fourth-order valence-electron chi connectivity index (χ4n) is 2.13. The summed E-state index contributed by atoms with van der Waals surface area (Å²) in [5.74, 6) is 1.83. The predicted molar refractivity (Wildman–Crippen MR) is 96.5 cm³/mol. The van der Waals surface area contributed by atoms with Gasteiger partial charge in [0.1, 0.15) is 5.75 Å². The largest absolute Gasteiger partial charge is 0.495 e. The van der Waals surface area contributed by atoms with E-state index in [1.54, 1.807) is 21.3 Å². The van der Waals surface area contributed by atoms with Crippen LogP contribution in [0.3, 0.4) is 0 Å². The highest BCUT2D eigenvalue weighted by Crippen LogP contribution is 2.34. The minimum atomic E-state index is -0.284. The van der Waals surface area contributed by atoms with E-state index in [0.29, 0.717) is 22.9 Å². The van der Waals surface area contributed by atoms with Crippen molar-refractivity contribution in [2.45, 2.75) is 17.1 Å². The van der Waals surface area contributed by atoms with Gasteiger partial charge in [-0.3, -0.25) is 4.79 Å². The third kappa shape index (κ3) is 4.35. The first-order valence-electron chi connectivity index (χ1n) is 7.41. The van der Waals surface area contributed by atoms with Gasteiger partial charge < -0.3 is 19.5 Å². The Morgan fingerprint density at radius 1 is 0.958 bits per heavy atom. The molecule has 0 aromatic heterocycles. The van der Waals surface area contributed by atoms with Crippen molar-refractivity contribution in [3.8, 4) is 17.2 Å². The Morgan fingerprint density at radius 3 is 2.29 bits per heavy atom. The van der Waals surface area contributed by atoms with Crippen LogP contribution in [0.25, 0.3) is 0 Å². The van der Waals surface area contributed by atoms with Gasteiger partial charge in [0.2, 0.25) is 5.91 Å². The maximum Gasteiger partial charge on any atom is 0.237 e. The second-order valence-corrected chi connectivity index (χ2v) is 6.38. The molecule has 2 aromatic carbocycles. The molecule has 0 radical (unpaired) electrons. The standard InChI is InChI=1S/C18H21NO4S/c1-12(18(20)19-14-7-5-6-8-15(14)21-2)24-13-9-10-16(22-3)17(11-13)23-4/h5-12H,1-4H3,(H,19,20). The lowest BCUT2D eigenvalue weighted by Crippen LogP contribution is -2.22. The maximum atomic E-state index is 12.4. The van der Waals surface area contributed by atoms with E-state index in [9.17, 15) is 4.79 Å². The summed E-state index contributed by atoms with van der Waals surface area (Å²) in [5, 5.41) is 2.61. The van der Waals surface area contributed by atoms with E-state index >= 15 is 0 Å². The summed E-state index contributed by atoms with van der Waals surface area (Å²) in [5.41, 5.74) is 0.657. The lowest BCUT2D eigenvalue weighted by molar-refractivity contribution is -0.115. The van der Waals surface area contributed by atoms with Crippen LogP contribution in [0.15, 0.2) is 47.4 Å². The number of para-hydroxylation sites is 2. The van der Waals surface area contributed by atoms with E-state index in [1.807, 2.05) is 49.4 Å². The maximum absolute atomic E-state index is 12.4. The van der Waals surface area contributed by atoms with Crippen molar-refractivity contribution in [2.24, 2.45) is 0 Å². The second kappa shape index (κ2) is 8.49. The van der Waals surface area contributed by atoms with Crippen LogP contribution in [0.1, 0.15) is 6.92 Å². The van der Waals surface area contributed by atoms with Crippen LogP contribution in [-0.4, -0.2) is 32.5 Å². The summed E-state index contributed by atoms with van der Waals surface area (Å²) in [6.45, 7) is 1.85. The summed E-state index contributed by atoms with van der Waals surface area (Å²) >= 11 is 1.44. The molecule has 1 N–H and O–H groups in total. The van der Waals surface area contributed by atoms with Crippen LogP contribution in [0.4, 0.5) is 5.69 Å². The number of amides is 1. The average molecular weight is 347 g/mol. The number of ether oxygens (including phenoxy) is 3. The number of thioether (sulfide) groups is 1. The Morgan fingerprint density at radius 2 is 1.62 bits per heavy atom. The molecule has 1 unspecified atom stereocenters. The number of anilines is 1. The number of benzene rings is 2. The molecule has 128 valence electrons. The molecular weight excluding hydrogens is 326 g/mol. The van der Waals surface area contributed by atoms with E-state index in [4.69, 9.17) is 14.2 Å². The van der Waals surface area contributed by atoms with Crippen LogP contribution >= 0.6 is 11.8 Å². The average Bonchev–Trinajstić information content (AvgIpc) is 2.61. The van der Waals surface area contributed by atoms with Gasteiger partial charge in [-0.25, -0.2) is 0 Å². The van der Waals surface area contributed by atoms with Crippen molar-refractivity contribution in [2.75, 3.05) is 26.6 Å².